The van der Waals surface area contributed by atoms with Crippen LogP contribution in [0.1, 0.15) is 44.2 Å². The minimum atomic E-state index is -0.0789. The Labute approximate surface area is 114 Å². The van der Waals surface area contributed by atoms with Gasteiger partial charge in [0, 0.05) is 12.6 Å². The summed E-state index contributed by atoms with van der Waals surface area (Å²) in [7, 11) is 0. The minimum absolute atomic E-state index is 0.0789. The summed E-state index contributed by atoms with van der Waals surface area (Å²) in [6.07, 6.45) is 4.88. The Morgan fingerprint density at radius 3 is 2.68 bits per heavy atom. The molecule has 0 spiro atoms. The quantitative estimate of drug-likeness (QED) is 0.766. The second kappa shape index (κ2) is 6.78. The van der Waals surface area contributed by atoms with Crippen LogP contribution >= 0.6 is 0 Å². The lowest BCUT2D eigenvalue weighted by Gasteiger charge is -2.24. The molecule has 106 valence electrons. The van der Waals surface area contributed by atoms with Crippen LogP contribution in [0.5, 0.6) is 11.5 Å². The van der Waals surface area contributed by atoms with Gasteiger partial charge in [-0.25, -0.2) is 0 Å². The van der Waals surface area contributed by atoms with E-state index >= 15 is 0 Å². The van der Waals surface area contributed by atoms with E-state index < -0.39 is 0 Å². The topological polar surface area (TPSA) is 61.7 Å². The second-order valence-electron chi connectivity index (χ2n) is 5.16. The van der Waals surface area contributed by atoms with Gasteiger partial charge in [0.05, 0.1) is 11.7 Å². The van der Waals surface area contributed by atoms with Crippen LogP contribution < -0.4 is 5.32 Å². The first-order valence-electron chi connectivity index (χ1n) is 7.04. The molecule has 3 N–H and O–H groups in total. The fourth-order valence-electron chi connectivity index (χ4n) is 2.58. The highest BCUT2D eigenvalue weighted by molar-refractivity contribution is 5.44. The van der Waals surface area contributed by atoms with Gasteiger partial charge < -0.3 is 20.3 Å². The van der Waals surface area contributed by atoms with Crippen molar-refractivity contribution in [1.29, 1.82) is 0 Å². The van der Waals surface area contributed by atoms with Crippen LogP contribution in [0, 0.1) is 0 Å². The van der Waals surface area contributed by atoms with Gasteiger partial charge in [-0.1, -0.05) is 6.07 Å². The summed E-state index contributed by atoms with van der Waals surface area (Å²) in [4.78, 5) is 0. The Morgan fingerprint density at radius 1 is 1.32 bits per heavy atom. The van der Waals surface area contributed by atoms with E-state index in [1.807, 2.05) is 6.92 Å². The van der Waals surface area contributed by atoms with Crippen molar-refractivity contribution in [2.24, 2.45) is 0 Å². The van der Waals surface area contributed by atoms with Gasteiger partial charge in [-0.3, -0.25) is 0 Å². The number of benzene rings is 1. The predicted octanol–water partition coefficient (Wildman–Crippen LogP) is 2.71. The van der Waals surface area contributed by atoms with E-state index in [1.54, 1.807) is 18.2 Å². The third-order valence-corrected chi connectivity index (χ3v) is 3.68. The Morgan fingerprint density at radius 2 is 2.05 bits per heavy atom. The molecular weight excluding hydrogens is 242 g/mol. The van der Waals surface area contributed by atoms with Gasteiger partial charge >= 0.3 is 0 Å². The molecule has 19 heavy (non-hydrogen) atoms. The van der Waals surface area contributed by atoms with Crippen molar-refractivity contribution in [3.63, 3.8) is 0 Å². The average molecular weight is 265 g/mol. The minimum Gasteiger partial charge on any atom is -0.507 e. The van der Waals surface area contributed by atoms with Crippen molar-refractivity contribution in [2.75, 3.05) is 13.2 Å². The molecule has 2 atom stereocenters. The molecule has 0 saturated carbocycles. The fourth-order valence-corrected chi connectivity index (χ4v) is 2.58. The van der Waals surface area contributed by atoms with Crippen LogP contribution in [-0.2, 0) is 4.74 Å². The van der Waals surface area contributed by atoms with E-state index in [2.05, 4.69) is 5.32 Å². The monoisotopic (exact) mass is 265 g/mol. The molecule has 1 aliphatic heterocycles. The standard InChI is InChI=1S/C15H23NO3/c1-11(15-13(17)6-4-7-14(15)18)16-9-8-12-5-2-3-10-19-12/h4,6-7,11-12,16-18H,2-3,5,8-10H2,1H3. The summed E-state index contributed by atoms with van der Waals surface area (Å²) in [5.41, 5.74) is 0.562. The molecule has 1 aromatic rings. The molecule has 1 heterocycles. The summed E-state index contributed by atoms with van der Waals surface area (Å²) < 4.78 is 5.67. The first-order chi connectivity index (χ1) is 9.18. The van der Waals surface area contributed by atoms with Crippen LogP contribution in [0.2, 0.25) is 0 Å². The molecule has 1 aliphatic rings. The van der Waals surface area contributed by atoms with E-state index in [1.165, 1.54) is 12.8 Å². The number of nitrogens with one attached hydrogen (secondary N) is 1. The Bertz CT molecular complexity index is 382. The van der Waals surface area contributed by atoms with Crippen LogP contribution in [-0.4, -0.2) is 29.5 Å². The van der Waals surface area contributed by atoms with Gasteiger partial charge in [-0.2, -0.15) is 0 Å². The third kappa shape index (κ3) is 3.85. The van der Waals surface area contributed by atoms with Crippen molar-refractivity contribution >= 4 is 0 Å². The SMILES string of the molecule is CC(NCCC1CCCCO1)c1c(O)cccc1O. The first kappa shape index (κ1) is 14.2. The zero-order chi connectivity index (χ0) is 13.7. The molecule has 2 unspecified atom stereocenters. The maximum atomic E-state index is 9.79. The predicted molar refractivity (Wildman–Crippen MR) is 74.4 cm³/mol. The molecule has 0 aromatic heterocycles. The smallest absolute Gasteiger partial charge is 0.124 e. The van der Waals surface area contributed by atoms with Gasteiger partial charge in [0.15, 0.2) is 0 Å². The lowest BCUT2D eigenvalue weighted by Crippen LogP contribution is -2.27. The highest BCUT2D eigenvalue weighted by Gasteiger charge is 2.16. The third-order valence-electron chi connectivity index (χ3n) is 3.68. The molecule has 4 heteroatoms. The molecule has 0 amide bonds. The number of phenolic OH excluding ortho intramolecular Hbond substituents is 2. The summed E-state index contributed by atoms with van der Waals surface area (Å²) in [6.45, 7) is 3.64. The first-order valence-corrected chi connectivity index (χ1v) is 7.04. The van der Waals surface area contributed by atoms with Gasteiger partial charge in [-0.15, -0.1) is 0 Å². The zero-order valence-corrected chi connectivity index (χ0v) is 11.4. The Kier molecular flexibility index (Phi) is 5.05. The number of hydrogen-bond donors (Lipinski definition) is 3. The number of aromatic hydroxyl groups is 2. The molecule has 1 fully saturated rings. The molecule has 0 radical (unpaired) electrons. The van der Waals surface area contributed by atoms with Gasteiger partial charge in [0.25, 0.3) is 0 Å². The summed E-state index contributed by atoms with van der Waals surface area (Å²) in [5.74, 6) is 0.267. The van der Waals surface area contributed by atoms with Gasteiger partial charge in [0.1, 0.15) is 11.5 Å². The van der Waals surface area contributed by atoms with Gasteiger partial charge in [0.2, 0.25) is 0 Å². The lowest BCUT2D eigenvalue weighted by atomic mass is 10.0. The molecule has 2 rings (SSSR count). The van der Waals surface area contributed by atoms with E-state index in [4.69, 9.17) is 4.74 Å². The molecular formula is C15H23NO3. The summed E-state index contributed by atoms with van der Waals surface area (Å²) >= 11 is 0. The van der Waals surface area contributed by atoms with Crippen molar-refractivity contribution in [1.82, 2.24) is 5.32 Å². The fraction of sp³-hybridized carbons (Fsp3) is 0.600. The molecule has 0 aliphatic carbocycles. The van der Waals surface area contributed by atoms with Gasteiger partial charge in [-0.05, 0) is 51.3 Å². The van der Waals surface area contributed by atoms with Crippen molar-refractivity contribution < 1.29 is 14.9 Å². The summed E-state index contributed by atoms with van der Waals surface area (Å²) in [6, 6.07) is 4.75. The lowest BCUT2D eigenvalue weighted by molar-refractivity contribution is 0.0112. The van der Waals surface area contributed by atoms with E-state index in [0.717, 1.165) is 26.0 Å². The normalized spacial score (nSPS) is 21.2. The molecule has 1 saturated heterocycles. The molecule has 1 aromatic carbocycles. The zero-order valence-electron chi connectivity index (χ0n) is 11.4. The van der Waals surface area contributed by atoms with E-state index in [9.17, 15) is 10.2 Å². The van der Waals surface area contributed by atoms with E-state index in [0.29, 0.717) is 11.7 Å². The highest BCUT2D eigenvalue weighted by atomic mass is 16.5. The van der Waals surface area contributed by atoms with Crippen LogP contribution in [0.25, 0.3) is 0 Å². The number of phenols is 2. The molecule has 4 nitrogen and oxygen atoms in total. The Hall–Kier alpha value is -1.26. The highest BCUT2D eigenvalue weighted by Crippen LogP contribution is 2.32. The van der Waals surface area contributed by atoms with Crippen molar-refractivity contribution in [3.8, 4) is 11.5 Å². The van der Waals surface area contributed by atoms with Crippen molar-refractivity contribution in [3.05, 3.63) is 23.8 Å². The number of rotatable bonds is 5. The van der Waals surface area contributed by atoms with Crippen LogP contribution in [0.4, 0.5) is 0 Å². The van der Waals surface area contributed by atoms with Crippen molar-refractivity contribution in [2.45, 2.75) is 44.8 Å². The largest absolute Gasteiger partial charge is 0.507 e. The average Bonchev–Trinajstić information content (AvgIpc) is 2.40. The molecule has 0 bridgehead atoms. The second-order valence-corrected chi connectivity index (χ2v) is 5.16. The maximum Gasteiger partial charge on any atom is 0.124 e. The van der Waals surface area contributed by atoms with Crippen LogP contribution in [0.3, 0.4) is 0 Å². The van der Waals surface area contributed by atoms with Crippen LogP contribution in [0.15, 0.2) is 18.2 Å². The Balaban J connectivity index is 1.82. The summed E-state index contributed by atoms with van der Waals surface area (Å²) in [5, 5.41) is 22.9. The maximum absolute atomic E-state index is 9.79. The van der Waals surface area contributed by atoms with E-state index in [-0.39, 0.29) is 17.5 Å². The number of hydrogen-bond acceptors (Lipinski definition) is 4. The number of ether oxygens (including phenoxy) is 1.